The Morgan fingerprint density at radius 2 is 2.00 bits per heavy atom. The third-order valence-corrected chi connectivity index (χ3v) is 2.12. The Balaban J connectivity index is 4.11. The molecule has 13 heavy (non-hydrogen) atoms. The van der Waals surface area contributed by atoms with Crippen molar-refractivity contribution < 1.29 is 17.4 Å². The molecule has 1 N–H and O–H groups in total. The second-order valence-corrected chi connectivity index (χ2v) is 4.25. The molecule has 6 heteroatoms. The van der Waals surface area contributed by atoms with Crippen LogP contribution >= 0.6 is 0 Å². The van der Waals surface area contributed by atoms with E-state index in [2.05, 4.69) is 4.18 Å². The van der Waals surface area contributed by atoms with E-state index in [0.717, 1.165) is 0 Å². The molecule has 0 atom stereocenters. The number of hydrogen-bond donors (Lipinski definition) is 1. The van der Waals surface area contributed by atoms with Gasteiger partial charge in [-0.3, -0.25) is 8.98 Å². The van der Waals surface area contributed by atoms with Gasteiger partial charge in [0.05, 0.1) is 6.61 Å². The van der Waals surface area contributed by atoms with Gasteiger partial charge in [-0.1, -0.05) is 20.8 Å². The molecule has 0 aliphatic carbocycles. The molecule has 0 rings (SSSR count). The van der Waals surface area contributed by atoms with Crippen molar-refractivity contribution in [3.05, 3.63) is 0 Å². The van der Waals surface area contributed by atoms with Gasteiger partial charge >= 0.3 is 10.3 Å². The van der Waals surface area contributed by atoms with Crippen LogP contribution in [0.1, 0.15) is 27.2 Å². The fourth-order valence-electron chi connectivity index (χ4n) is 0.464. The highest BCUT2D eigenvalue weighted by Gasteiger charge is 2.16. The normalized spacial score (nSPS) is 11.7. The summed E-state index contributed by atoms with van der Waals surface area (Å²) >= 11 is 0. The van der Waals surface area contributed by atoms with Crippen LogP contribution < -0.4 is 4.72 Å². The average Bonchev–Trinajstić information content (AvgIpc) is 2.00. The van der Waals surface area contributed by atoms with Crippen LogP contribution in [0.25, 0.3) is 0 Å². The summed E-state index contributed by atoms with van der Waals surface area (Å²) in [7, 11) is -3.89. The largest absolute Gasteiger partial charge is 0.362 e. The van der Waals surface area contributed by atoms with E-state index in [1.54, 1.807) is 25.5 Å². The van der Waals surface area contributed by atoms with Gasteiger partial charge in [0.2, 0.25) is 5.91 Å². The summed E-state index contributed by atoms with van der Waals surface area (Å²) < 4.78 is 28.1. The summed E-state index contributed by atoms with van der Waals surface area (Å²) in [6.07, 6.45) is 0.580. The first-order chi connectivity index (χ1) is 5.89. The van der Waals surface area contributed by atoms with E-state index in [0.29, 0.717) is 6.42 Å². The molecule has 0 fully saturated rings. The SMILES string of the molecule is CCCOS(=O)(=O)NC(=O)C(C)C. The second-order valence-electron chi connectivity index (χ2n) is 2.90. The molecule has 0 saturated carbocycles. The standard InChI is InChI=1S/C7H15NO4S/c1-4-5-12-13(10,11)8-7(9)6(2)3/h6H,4-5H2,1-3H3,(H,8,9). The van der Waals surface area contributed by atoms with Gasteiger partial charge in [-0.2, -0.15) is 8.42 Å². The van der Waals surface area contributed by atoms with Gasteiger partial charge in [-0.05, 0) is 6.42 Å². The Labute approximate surface area is 78.7 Å². The van der Waals surface area contributed by atoms with E-state index in [9.17, 15) is 13.2 Å². The zero-order chi connectivity index (χ0) is 10.5. The first-order valence-electron chi connectivity index (χ1n) is 4.10. The Hall–Kier alpha value is -0.620. The summed E-state index contributed by atoms with van der Waals surface area (Å²) in [5.41, 5.74) is 0. The lowest BCUT2D eigenvalue weighted by Crippen LogP contribution is -2.35. The summed E-state index contributed by atoms with van der Waals surface area (Å²) in [6.45, 7) is 5.07. The van der Waals surface area contributed by atoms with Crippen LogP contribution in [-0.4, -0.2) is 20.9 Å². The lowest BCUT2D eigenvalue weighted by Gasteiger charge is -2.07. The molecule has 5 nitrogen and oxygen atoms in total. The lowest BCUT2D eigenvalue weighted by molar-refractivity contribution is -0.122. The fraction of sp³-hybridized carbons (Fsp3) is 0.857. The van der Waals surface area contributed by atoms with Gasteiger partial charge in [0.15, 0.2) is 0 Å². The number of carbonyl (C=O) groups excluding carboxylic acids is 1. The van der Waals surface area contributed by atoms with Gasteiger partial charge in [0, 0.05) is 5.92 Å². The third kappa shape index (κ3) is 5.59. The van der Waals surface area contributed by atoms with Crippen molar-refractivity contribution in [1.82, 2.24) is 4.72 Å². The predicted molar refractivity (Wildman–Crippen MR) is 48.1 cm³/mol. The Kier molecular flexibility index (Phi) is 4.94. The maximum atomic E-state index is 11.0. The minimum absolute atomic E-state index is 0.0840. The minimum Gasteiger partial charge on any atom is -0.274 e. The molecule has 0 heterocycles. The molecular formula is C7H15NO4S. The molecule has 0 aromatic rings. The fourth-order valence-corrected chi connectivity index (χ4v) is 1.39. The van der Waals surface area contributed by atoms with Crippen LogP contribution in [-0.2, 0) is 19.3 Å². The molecule has 0 radical (unpaired) electrons. The smallest absolute Gasteiger partial charge is 0.274 e. The van der Waals surface area contributed by atoms with Crippen molar-refractivity contribution in [3.8, 4) is 0 Å². The van der Waals surface area contributed by atoms with Gasteiger partial charge in [-0.15, -0.1) is 0 Å². The zero-order valence-electron chi connectivity index (χ0n) is 8.03. The summed E-state index contributed by atoms with van der Waals surface area (Å²) in [5.74, 6) is -0.934. The van der Waals surface area contributed by atoms with Crippen molar-refractivity contribution in [2.45, 2.75) is 27.2 Å². The Bertz CT molecular complexity index is 258. The molecule has 0 unspecified atom stereocenters. The molecular weight excluding hydrogens is 194 g/mol. The highest BCUT2D eigenvalue weighted by Crippen LogP contribution is 1.95. The Morgan fingerprint density at radius 3 is 2.38 bits per heavy atom. The maximum absolute atomic E-state index is 11.0. The molecule has 0 aliphatic heterocycles. The summed E-state index contributed by atoms with van der Waals surface area (Å²) in [4.78, 5) is 11.0. The number of nitrogens with one attached hydrogen (secondary N) is 1. The number of rotatable bonds is 5. The van der Waals surface area contributed by atoms with E-state index in [1.165, 1.54) is 0 Å². The van der Waals surface area contributed by atoms with Crippen molar-refractivity contribution in [2.75, 3.05) is 6.61 Å². The summed E-state index contributed by atoms with van der Waals surface area (Å²) in [5, 5.41) is 0. The van der Waals surface area contributed by atoms with Crippen molar-refractivity contribution in [2.24, 2.45) is 5.92 Å². The zero-order valence-corrected chi connectivity index (χ0v) is 8.85. The van der Waals surface area contributed by atoms with Crippen LogP contribution in [0, 0.1) is 5.92 Å². The second kappa shape index (κ2) is 5.18. The van der Waals surface area contributed by atoms with E-state index in [1.807, 2.05) is 0 Å². The van der Waals surface area contributed by atoms with E-state index in [-0.39, 0.29) is 12.5 Å². The van der Waals surface area contributed by atoms with E-state index in [4.69, 9.17) is 0 Å². The molecule has 0 saturated heterocycles. The number of carbonyl (C=O) groups is 1. The first kappa shape index (κ1) is 12.4. The average molecular weight is 209 g/mol. The number of amides is 1. The molecule has 78 valence electrons. The lowest BCUT2D eigenvalue weighted by atomic mass is 10.2. The van der Waals surface area contributed by atoms with Gasteiger partial charge < -0.3 is 0 Å². The first-order valence-corrected chi connectivity index (χ1v) is 5.51. The highest BCUT2D eigenvalue weighted by atomic mass is 32.2. The molecule has 0 aromatic heterocycles. The van der Waals surface area contributed by atoms with Crippen LogP contribution in [0.3, 0.4) is 0 Å². The van der Waals surface area contributed by atoms with Crippen LogP contribution in [0.4, 0.5) is 0 Å². The molecule has 1 amide bonds. The highest BCUT2D eigenvalue weighted by molar-refractivity contribution is 7.85. The van der Waals surface area contributed by atoms with Crippen molar-refractivity contribution in [3.63, 3.8) is 0 Å². The van der Waals surface area contributed by atoms with Crippen molar-refractivity contribution in [1.29, 1.82) is 0 Å². The molecule has 0 spiro atoms. The van der Waals surface area contributed by atoms with Crippen LogP contribution in [0.5, 0.6) is 0 Å². The van der Waals surface area contributed by atoms with Crippen LogP contribution in [0.15, 0.2) is 0 Å². The number of hydrogen-bond acceptors (Lipinski definition) is 4. The van der Waals surface area contributed by atoms with Gasteiger partial charge in [-0.25, -0.2) is 4.72 Å². The third-order valence-electron chi connectivity index (χ3n) is 1.19. The van der Waals surface area contributed by atoms with E-state index >= 15 is 0 Å². The topological polar surface area (TPSA) is 72.5 Å². The van der Waals surface area contributed by atoms with E-state index < -0.39 is 16.2 Å². The Morgan fingerprint density at radius 1 is 1.46 bits per heavy atom. The molecule has 0 aromatic carbocycles. The minimum atomic E-state index is -3.89. The van der Waals surface area contributed by atoms with Gasteiger partial charge in [0.25, 0.3) is 0 Å². The molecule has 0 aliphatic rings. The molecule has 0 bridgehead atoms. The monoisotopic (exact) mass is 209 g/mol. The predicted octanol–water partition coefficient (Wildman–Crippen LogP) is 0.430. The van der Waals surface area contributed by atoms with Gasteiger partial charge in [0.1, 0.15) is 0 Å². The maximum Gasteiger partial charge on any atom is 0.362 e. The van der Waals surface area contributed by atoms with Crippen molar-refractivity contribution >= 4 is 16.2 Å². The van der Waals surface area contributed by atoms with Crippen LogP contribution in [0.2, 0.25) is 0 Å². The quantitative estimate of drug-likeness (QED) is 0.712. The summed E-state index contributed by atoms with van der Waals surface area (Å²) in [6, 6.07) is 0.